The molecule has 0 spiro atoms. The second-order valence-electron chi connectivity index (χ2n) is 11.3. The molecule has 0 atom stereocenters. The molecule has 1 fully saturated rings. The first kappa shape index (κ1) is 24.3. The summed E-state index contributed by atoms with van der Waals surface area (Å²) in [6.45, 7) is 12.7. The lowest BCUT2D eigenvalue weighted by molar-refractivity contribution is -0.195. The topological polar surface area (TPSA) is 56.6 Å². The van der Waals surface area contributed by atoms with Crippen LogP contribution in [0.3, 0.4) is 0 Å². The molecule has 34 heavy (non-hydrogen) atoms. The Hall–Kier alpha value is -2.84. The van der Waals surface area contributed by atoms with Gasteiger partial charge in [0.25, 0.3) is 5.91 Å². The summed E-state index contributed by atoms with van der Waals surface area (Å²) in [4.78, 5) is 17.9. The first-order valence-electron chi connectivity index (χ1n) is 12.2. The number of amides is 1. The van der Waals surface area contributed by atoms with Crippen LogP contribution >= 0.6 is 0 Å². The monoisotopic (exact) mass is 459 g/mol. The van der Waals surface area contributed by atoms with Crippen LogP contribution in [-0.4, -0.2) is 55.0 Å². The minimum absolute atomic E-state index is 0.0296. The van der Waals surface area contributed by atoms with E-state index in [4.69, 9.17) is 4.74 Å². The summed E-state index contributed by atoms with van der Waals surface area (Å²) >= 11 is 0. The lowest BCUT2D eigenvalue weighted by Gasteiger charge is -2.65. The Kier molecular flexibility index (Phi) is 6.25. The fourth-order valence-corrected chi connectivity index (χ4v) is 6.67. The highest BCUT2D eigenvalue weighted by Crippen LogP contribution is 2.57. The van der Waals surface area contributed by atoms with Crippen molar-refractivity contribution in [2.45, 2.75) is 59.6 Å². The summed E-state index contributed by atoms with van der Waals surface area (Å²) < 4.78 is 6.47. The van der Waals surface area contributed by atoms with E-state index in [1.165, 1.54) is 11.1 Å². The number of likely N-dealkylation sites (N-methyl/N-ethyl adjacent to an activating group) is 1. The Morgan fingerprint density at radius 2 is 1.71 bits per heavy atom. The zero-order chi connectivity index (χ0) is 24.8. The van der Waals surface area contributed by atoms with Crippen LogP contribution in [0.5, 0.6) is 5.75 Å². The maximum Gasteiger partial charge on any atom is 0.253 e. The van der Waals surface area contributed by atoms with Gasteiger partial charge in [0, 0.05) is 42.6 Å². The number of nitriles is 1. The molecule has 1 aliphatic carbocycles. The van der Waals surface area contributed by atoms with Gasteiger partial charge in [-0.05, 0) is 73.8 Å². The lowest BCUT2D eigenvalue weighted by Crippen LogP contribution is -2.74. The maximum absolute atomic E-state index is 13.6. The third kappa shape index (κ3) is 4.09. The van der Waals surface area contributed by atoms with Crippen molar-refractivity contribution in [2.75, 3.05) is 27.2 Å². The molecule has 1 aliphatic heterocycles. The Labute approximate surface area is 204 Å². The van der Waals surface area contributed by atoms with E-state index in [1.807, 2.05) is 43.1 Å². The molecule has 5 heteroatoms. The van der Waals surface area contributed by atoms with Gasteiger partial charge in [-0.2, -0.15) is 5.26 Å². The van der Waals surface area contributed by atoms with Crippen molar-refractivity contribution in [2.24, 2.45) is 10.8 Å². The average molecular weight is 460 g/mol. The van der Waals surface area contributed by atoms with Crippen molar-refractivity contribution in [3.8, 4) is 11.8 Å². The van der Waals surface area contributed by atoms with E-state index in [2.05, 4.69) is 57.8 Å². The molecule has 0 radical (unpaired) electrons. The van der Waals surface area contributed by atoms with Crippen LogP contribution in [0.4, 0.5) is 0 Å². The molecule has 2 aromatic rings. The third-order valence-corrected chi connectivity index (χ3v) is 8.02. The molecule has 2 aliphatic rings. The summed E-state index contributed by atoms with van der Waals surface area (Å²) in [7, 11) is 4.09. The number of carbonyl (C=O) groups is 1. The van der Waals surface area contributed by atoms with Crippen molar-refractivity contribution in [1.29, 1.82) is 5.26 Å². The van der Waals surface area contributed by atoms with E-state index in [0.29, 0.717) is 5.56 Å². The number of fused-ring (bicyclic) bond motifs is 1. The molecule has 0 saturated heterocycles. The van der Waals surface area contributed by atoms with Gasteiger partial charge in [-0.1, -0.05) is 33.8 Å². The summed E-state index contributed by atoms with van der Waals surface area (Å²) in [6.07, 6.45) is 1.96. The lowest BCUT2D eigenvalue weighted by atomic mass is 9.49. The predicted molar refractivity (Wildman–Crippen MR) is 135 cm³/mol. The second-order valence-corrected chi connectivity index (χ2v) is 11.3. The van der Waals surface area contributed by atoms with Crippen LogP contribution in [0.25, 0.3) is 0 Å². The number of aryl methyl sites for hydroxylation is 1. The van der Waals surface area contributed by atoms with Crippen LogP contribution < -0.4 is 4.74 Å². The Morgan fingerprint density at radius 3 is 2.32 bits per heavy atom. The first-order chi connectivity index (χ1) is 16.0. The van der Waals surface area contributed by atoms with Gasteiger partial charge in [-0.3, -0.25) is 4.79 Å². The van der Waals surface area contributed by atoms with Gasteiger partial charge in [-0.25, -0.2) is 0 Å². The van der Waals surface area contributed by atoms with Gasteiger partial charge in [0.15, 0.2) is 0 Å². The van der Waals surface area contributed by atoms with Crippen LogP contribution in [0.1, 0.15) is 60.3 Å². The summed E-state index contributed by atoms with van der Waals surface area (Å²) in [5.74, 6) is 0.838. The van der Waals surface area contributed by atoms with Crippen LogP contribution in [0.2, 0.25) is 0 Å². The molecule has 0 N–H and O–H groups in total. The fraction of sp³-hybridized carbons (Fsp3) is 0.517. The zero-order valence-electron chi connectivity index (χ0n) is 21.6. The van der Waals surface area contributed by atoms with E-state index < -0.39 is 0 Å². The second kappa shape index (κ2) is 8.74. The number of benzene rings is 2. The standard InChI is InChI=1S/C29H37N3O2/c1-19-16-24(11-10-23(19)18-30)34-27-28(2,3)26(29(27,4)5)32(7)25(33)22-9-8-20-12-14-31(6)15-13-21(20)17-22/h8-11,16-17,26-27H,12-15H2,1-7H3/t26-,27-. The Bertz CT molecular complexity index is 1130. The minimum atomic E-state index is -0.232. The van der Waals surface area contributed by atoms with Crippen LogP contribution in [0.15, 0.2) is 36.4 Å². The molecular weight excluding hydrogens is 422 g/mol. The van der Waals surface area contributed by atoms with Gasteiger partial charge in [0.05, 0.1) is 11.6 Å². The van der Waals surface area contributed by atoms with Crippen LogP contribution in [0, 0.1) is 29.1 Å². The number of ether oxygens (including phenoxy) is 1. The van der Waals surface area contributed by atoms with Crippen molar-refractivity contribution < 1.29 is 9.53 Å². The number of nitrogens with zero attached hydrogens (tertiary/aromatic N) is 3. The van der Waals surface area contributed by atoms with E-state index in [-0.39, 0.29) is 28.9 Å². The van der Waals surface area contributed by atoms with E-state index in [0.717, 1.165) is 42.8 Å². The molecule has 2 aromatic carbocycles. The first-order valence-corrected chi connectivity index (χ1v) is 12.2. The summed E-state index contributed by atoms with van der Waals surface area (Å²) in [5.41, 5.74) is 4.54. The largest absolute Gasteiger partial charge is 0.489 e. The SMILES string of the molecule is Cc1cc(O[C@H]2C(C)(C)[C@H](N(C)C(=O)c3ccc4c(c3)CCN(C)CC4)C2(C)C)ccc1C#N. The molecular formula is C29H37N3O2. The molecule has 1 heterocycles. The fourth-order valence-electron chi connectivity index (χ4n) is 6.67. The molecule has 5 nitrogen and oxygen atoms in total. The average Bonchev–Trinajstić information content (AvgIpc) is 2.97. The highest BCUT2D eigenvalue weighted by atomic mass is 16.5. The molecule has 4 rings (SSSR count). The number of rotatable bonds is 4. The van der Waals surface area contributed by atoms with Crippen molar-refractivity contribution in [1.82, 2.24) is 9.80 Å². The normalized spacial score (nSPS) is 23.1. The molecule has 1 amide bonds. The maximum atomic E-state index is 13.6. The van der Waals surface area contributed by atoms with Crippen molar-refractivity contribution in [3.05, 3.63) is 64.2 Å². The molecule has 180 valence electrons. The Balaban J connectivity index is 1.53. The van der Waals surface area contributed by atoms with Gasteiger partial charge in [-0.15, -0.1) is 0 Å². The molecule has 0 unspecified atom stereocenters. The highest BCUT2D eigenvalue weighted by Gasteiger charge is 2.65. The smallest absolute Gasteiger partial charge is 0.253 e. The number of carbonyl (C=O) groups excluding carboxylic acids is 1. The zero-order valence-corrected chi connectivity index (χ0v) is 21.6. The van der Waals surface area contributed by atoms with E-state index in [9.17, 15) is 10.1 Å². The summed E-state index contributed by atoms with van der Waals surface area (Å²) in [6, 6.07) is 14.1. The number of hydrogen-bond donors (Lipinski definition) is 0. The third-order valence-electron chi connectivity index (χ3n) is 8.02. The highest BCUT2D eigenvalue weighted by molar-refractivity contribution is 5.94. The quantitative estimate of drug-likeness (QED) is 0.656. The molecule has 1 saturated carbocycles. The summed E-state index contributed by atoms with van der Waals surface area (Å²) in [5, 5.41) is 9.22. The van der Waals surface area contributed by atoms with E-state index >= 15 is 0 Å². The Morgan fingerprint density at radius 1 is 1.06 bits per heavy atom. The molecule has 0 aromatic heterocycles. The number of hydrogen-bond acceptors (Lipinski definition) is 4. The van der Waals surface area contributed by atoms with Gasteiger partial charge in [0.2, 0.25) is 0 Å². The minimum Gasteiger partial charge on any atom is -0.489 e. The molecule has 0 bridgehead atoms. The predicted octanol–water partition coefficient (Wildman–Crippen LogP) is 4.85. The van der Waals surface area contributed by atoms with Gasteiger partial charge in [0.1, 0.15) is 11.9 Å². The van der Waals surface area contributed by atoms with Crippen LogP contribution in [-0.2, 0) is 12.8 Å². The van der Waals surface area contributed by atoms with Gasteiger partial charge < -0.3 is 14.5 Å². The van der Waals surface area contributed by atoms with Crippen molar-refractivity contribution >= 4 is 5.91 Å². The van der Waals surface area contributed by atoms with Gasteiger partial charge >= 0.3 is 0 Å². The van der Waals surface area contributed by atoms with Crippen molar-refractivity contribution in [3.63, 3.8) is 0 Å². The van der Waals surface area contributed by atoms with E-state index in [1.54, 1.807) is 0 Å².